The van der Waals surface area contributed by atoms with Crippen molar-refractivity contribution in [3.8, 4) is 0 Å². The van der Waals surface area contributed by atoms with Gasteiger partial charge in [-0.2, -0.15) is 0 Å². The second-order valence-corrected chi connectivity index (χ2v) is 6.77. The van der Waals surface area contributed by atoms with Gasteiger partial charge in [0.2, 0.25) is 0 Å². The quantitative estimate of drug-likeness (QED) is 0.485. The Morgan fingerprint density at radius 1 is 1.16 bits per heavy atom. The van der Waals surface area contributed by atoms with E-state index in [-0.39, 0.29) is 5.97 Å². The molecule has 0 spiro atoms. The van der Waals surface area contributed by atoms with E-state index in [2.05, 4.69) is 4.99 Å². The van der Waals surface area contributed by atoms with Gasteiger partial charge in [-0.05, 0) is 30.7 Å². The molecule has 1 heterocycles. The third-order valence-electron chi connectivity index (χ3n) is 3.80. The molecule has 0 saturated heterocycles. The monoisotopic (exact) mass is 352 g/mol. The minimum Gasteiger partial charge on any atom is -0.462 e. The highest BCUT2D eigenvalue weighted by molar-refractivity contribution is 7.23. The van der Waals surface area contributed by atoms with Crippen LogP contribution in [0.2, 0.25) is 0 Å². The largest absolute Gasteiger partial charge is 0.462 e. The van der Waals surface area contributed by atoms with Crippen molar-refractivity contribution in [3.05, 3.63) is 59.7 Å². The average molecular weight is 352 g/mol. The van der Waals surface area contributed by atoms with Gasteiger partial charge in [0, 0.05) is 36.1 Å². The molecule has 2 aromatic carbocycles. The zero-order valence-corrected chi connectivity index (χ0v) is 15.3. The first-order valence-corrected chi connectivity index (χ1v) is 8.92. The lowest BCUT2D eigenvalue weighted by molar-refractivity contribution is 0.0530. The number of thiophene rings is 1. The maximum absolute atomic E-state index is 12.4. The summed E-state index contributed by atoms with van der Waals surface area (Å²) in [7, 11) is 4.01. The van der Waals surface area contributed by atoms with Crippen LogP contribution in [-0.2, 0) is 4.74 Å². The van der Waals surface area contributed by atoms with Crippen LogP contribution in [0.15, 0.2) is 53.5 Å². The van der Waals surface area contributed by atoms with E-state index < -0.39 is 0 Å². The Morgan fingerprint density at radius 2 is 1.88 bits per heavy atom. The topological polar surface area (TPSA) is 41.9 Å². The fourth-order valence-corrected chi connectivity index (χ4v) is 3.55. The van der Waals surface area contributed by atoms with Gasteiger partial charge in [-0.1, -0.05) is 30.3 Å². The van der Waals surface area contributed by atoms with Crippen LogP contribution in [0.3, 0.4) is 0 Å². The third-order valence-corrected chi connectivity index (χ3v) is 4.88. The SMILES string of the molecule is CCOC(=O)c1c(N=Cc2ccc(N(C)C)cc2)sc2ccccc12. The molecule has 25 heavy (non-hydrogen) atoms. The van der Waals surface area contributed by atoms with Gasteiger partial charge in [0.25, 0.3) is 0 Å². The fourth-order valence-electron chi connectivity index (χ4n) is 2.52. The maximum Gasteiger partial charge on any atom is 0.341 e. The molecule has 0 atom stereocenters. The molecule has 5 heteroatoms. The molecular formula is C20H20N2O2S. The Labute approximate surface area is 151 Å². The lowest BCUT2D eigenvalue weighted by Gasteiger charge is -2.11. The van der Waals surface area contributed by atoms with Gasteiger partial charge in [-0.25, -0.2) is 9.79 Å². The first kappa shape index (κ1) is 17.2. The molecule has 0 fully saturated rings. The van der Waals surface area contributed by atoms with Crippen molar-refractivity contribution in [1.82, 2.24) is 0 Å². The summed E-state index contributed by atoms with van der Waals surface area (Å²) in [5.41, 5.74) is 2.66. The van der Waals surface area contributed by atoms with Gasteiger partial charge >= 0.3 is 5.97 Å². The average Bonchev–Trinajstić information content (AvgIpc) is 2.99. The second kappa shape index (κ2) is 7.49. The van der Waals surface area contributed by atoms with Crippen molar-refractivity contribution < 1.29 is 9.53 Å². The number of anilines is 1. The van der Waals surface area contributed by atoms with Crippen LogP contribution < -0.4 is 4.90 Å². The number of nitrogens with zero attached hydrogens (tertiary/aromatic N) is 2. The van der Waals surface area contributed by atoms with Crippen LogP contribution >= 0.6 is 11.3 Å². The number of hydrogen-bond donors (Lipinski definition) is 0. The number of rotatable bonds is 5. The molecule has 0 aliphatic rings. The molecule has 0 amide bonds. The van der Waals surface area contributed by atoms with Crippen molar-refractivity contribution in [2.75, 3.05) is 25.6 Å². The lowest BCUT2D eigenvalue weighted by Crippen LogP contribution is -2.08. The van der Waals surface area contributed by atoms with Crippen molar-refractivity contribution in [2.45, 2.75) is 6.92 Å². The Balaban J connectivity index is 1.97. The summed E-state index contributed by atoms with van der Waals surface area (Å²) in [5.74, 6) is -0.324. The Hall–Kier alpha value is -2.66. The normalized spacial score (nSPS) is 11.2. The standard InChI is InChI=1S/C20H20N2O2S/c1-4-24-20(23)18-16-7-5-6-8-17(16)25-19(18)21-13-14-9-11-15(12-10-14)22(2)3/h5-13H,4H2,1-3H3. The number of fused-ring (bicyclic) bond motifs is 1. The molecule has 3 rings (SSSR count). The van der Waals surface area contributed by atoms with Gasteiger partial charge in [0.05, 0.1) is 6.61 Å². The van der Waals surface area contributed by atoms with E-state index in [1.165, 1.54) is 11.3 Å². The molecule has 0 unspecified atom stereocenters. The Kier molecular flexibility index (Phi) is 5.14. The predicted molar refractivity (Wildman–Crippen MR) is 106 cm³/mol. The van der Waals surface area contributed by atoms with Crippen molar-refractivity contribution >= 4 is 44.3 Å². The molecule has 0 saturated carbocycles. The fraction of sp³-hybridized carbons (Fsp3) is 0.200. The van der Waals surface area contributed by atoms with Gasteiger partial charge in [-0.15, -0.1) is 11.3 Å². The Morgan fingerprint density at radius 3 is 2.56 bits per heavy atom. The number of carbonyl (C=O) groups excluding carboxylic acids is 1. The summed E-state index contributed by atoms with van der Waals surface area (Å²) in [6.07, 6.45) is 1.78. The first-order valence-electron chi connectivity index (χ1n) is 8.10. The first-order chi connectivity index (χ1) is 12.1. The van der Waals surface area contributed by atoms with Crippen LogP contribution in [0, 0.1) is 0 Å². The number of benzene rings is 2. The smallest absolute Gasteiger partial charge is 0.341 e. The van der Waals surface area contributed by atoms with Gasteiger partial charge in [0.1, 0.15) is 10.6 Å². The van der Waals surface area contributed by atoms with Gasteiger partial charge in [0.15, 0.2) is 0 Å². The summed E-state index contributed by atoms with van der Waals surface area (Å²) >= 11 is 1.50. The summed E-state index contributed by atoms with van der Waals surface area (Å²) in [5, 5.41) is 1.57. The second-order valence-electron chi connectivity index (χ2n) is 5.74. The number of ether oxygens (including phenoxy) is 1. The number of esters is 1. The zero-order valence-electron chi connectivity index (χ0n) is 14.5. The maximum atomic E-state index is 12.4. The van der Waals surface area contributed by atoms with E-state index in [9.17, 15) is 4.79 Å². The molecule has 0 aliphatic carbocycles. The van der Waals surface area contributed by atoms with E-state index in [0.29, 0.717) is 17.2 Å². The molecule has 0 N–H and O–H groups in total. The molecular weight excluding hydrogens is 332 g/mol. The molecule has 3 aromatic rings. The van der Waals surface area contributed by atoms with Gasteiger partial charge < -0.3 is 9.64 Å². The third kappa shape index (κ3) is 3.72. The summed E-state index contributed by atoms with van der Waals surface area (Å²) in [6.45, 7) is 2.15. The van der Waals surface area contributed by atoms with Crippen LogP contribution in [0.1, 0.15) is 22.8 Å². The minimum atomic E-state index is -0.324. The Bertz CT molecular complexity index is 911. The highest BCUT2D eigenvalue weighted by Crippen LogP contribution is 2.38. The van der Waals surface area contributed by atoms with Crippen molar-refractivity contribution in [2.24, 2.45) is 4.99 Å². The van der Waals surface area contributed by atoms with E-state index in [4.69, 9.17) is 4.74 Å². The molecule has 4 nitrogen and oxygen atoms in total. The molecule has 0 bridgehead atoms. The highest BCUT2D eigenvalue weighted by Gasteiger charge is 2.19. The van der Waals surface area contributed by atoms with Crippen LogP contribution in [0.25, 0.3) is 10.1 Å². The number of aliphatic imine (C=N–C) groups is 1. The summed E-state index contributed by atoms with van der Waals surface area (Å²) in [6, 6.07) is 15.9. The van der Waals surface area contributed by atoms with Crippen LogP contribution in [-0.4, -0.2) is 32.9 Å². The predicted octanol–water partition coefficient (Wildman–Crippen LogP) is 4.89. The lowest BCUT2D eigenvalue weighted by atomic mass is 10.1. The highest BCUT2D eigenvalue weighted by atomic mass is 32.1. The van der Waals surface area contributed by atoms with Crippen molar-refractivity contribution in [3.63, 3.8) is 0 Å². The zero-order chi connectivity index (χ0) is 17.8. The van der Waals surface area contributed by atoms with Crippen LogP contribution in [0.4, 0.5) is 10.7 Å². The molecule has 0 aliphatic heterocycles. The number of carbonyl (C=O) groups is 1. The van der Waals surface area contributed by atoms with E-state index in [0.717, 1.165) is 21.3 Å². The van der Waals surface area contributed by atoms with E-state index >= 15 is 0 Å². The molecule has 128 valence electrons. The molecule has 1 aromatic heterocycles. The van der Waals surface area contributed by atoms with Crippen molar-refractivity contribution in [1.29, 1.82) is 0 Å². The van der Waals surface area contributed by atoms with Gasteiger partial charge in [-0.3, -0.25) is 0 Å². The van der Waals surface area contributed by atoms with E-state index in [1.54, 1.807) is 6.21 Å². The summed E-state index contributed by atoms with van der Waals surface area (Å²) < 4.78 is 6.25. The number of hydrogen-bond acceptors (Lipinski definition) is 5. The minimum absolute atomic E-state index is 0.324. The van der Waals surface area contributed by atoms with Crippen LogP contribution in [0.5, 0.6) is 0 Å². The summed E-state index contributed by atoms with van der Waals surface area (Å²) in [4.78, 5) is 19.0. The van der Waals surface area contributed by atoms with E-state index in [1.807, 2.05) is 74.4 Å². The molecule has 0 radical (unpaired) electrons.